The van der Waals surface area contributed by atoms with Crippen molar-refractivity contribution >= 4 is 33.3 Å². The van der Waals surface area contributed by atoms with E-state index in [9.17, 15) is 21.6 Å². The Morgan fingerprint density at radius 2 is 1.37 bits per heavy atom. The highest BCUT2D eigenvalue weighted by atomic mass is 35.5. The van der Waals surface area contributed by atoms with Gasteiger partial charge < -0.3 is 4.18 Å². The molecule has 0 aliphatic heterocycles. The molecule has 2 aromatic rings. The quantitative estimate of drug-likeness (QED) is 0.342. The van der Waals surface area contributed by atoms with Crippen LogP contribution in [0.3, 0.4) is 0 Å². The van der Waals surface area contributed by atoms with Crippen molar-refractivity contribution < 1.29 is 25.8 Å². The molecule has 3 nitrogen and oxygen atoms in total. The first-order chi connectivity index (χ1) is 14.0. The van der Waals surface area contributed by atoms with E-state index in [1.807, 2.05) is 0 Å². The summed E-state index contributed by atoms with van der Waals surface area (Å²) in [4.78, 5) is 0. The zero-order valence-corrected chi connectivity index (χ0v) is 18.1. The first-order valence-electron chi connectivity index (χ1n) is 9.21. The van der Waals surface area contributed by atoms with Gasteiger partial charge in [-0.3, -0.25) is 0 Å². The van der Waals surface area contributed by atoms with Crippen LogP contribution in [0.1, 0.15) is 30.4 Å². The highest BCUT2D eigenvalue weighted by Gasteiger charge is 2.51. The van der Waals surface area contributed by atoms with Gasteiger partial charge in [-0.25, -0.2) is 0 Å². The number of hydrogen-bond donors (Lipinski definition) is 0. The molecule has 1 aliphatic rings. The van der Waals surface area contributed by atoms with Crippen LogP contribution >= 0.6 is 23.2 Å². The molecule has 3 rings (SSSR count). The fourth-order valence-electron chi connectivity index (χ4n) is 3.70. The summed E-state index contributed by atoms with van der Waals surface area (Å²) >= 11 is 11.9. The summed E-state index contributed by atoms with van der Waals surface area (Å²) in [5, 5.41) is 1.06. The lowest BCUT2D eigenvalue weighted by Crippen LogP contribution is -2.36. The van der Waals surface area contributed by atoms with Gasteiger partial charge in [-0.05, 0) is 73.6 Å². The first kappa shape index (κ1) is 23.0. The molecule has 9 heteroatoms. The highest BCUT2D eigenvalue weighted by molar-refractivity contribution is 7.87. The Morgan fingerprint density at radius 3 is 1.80 bits per heavy atom. The maximum absolute atomic E-state index is 13.0. The smallest absolute Gasteiger partial charge is 0.380 e. The molecule has 0 N–H and O–H groups in total. The lowest BCUT2D eigenvalue weighted by atomic mass is 9.69. The lowest BCUT2D eigenvalue weighted by molar-refractivity contribution is -0.0536. The van der Waals surface area contributed by atoms with Crippen molar-refractivity contribution in [2.75, 3.05) is 0 Å². The van der Waals surface area contributed by atoms with Crippen molar-refractivity contribution in [3.8, 4) is 0 Å². The molecule has 162 valence electrons. The molecule has 30 heavy (non-hydrogen) atoms. The number of rotatable bonds is 6. The Hall–Kier alpha value is -1.70. The highest BCUT2D eigenvalue weighted by Crippen LogP contribution is 2.46. The van der Waals surface area contributed by atoms with Crippen LogP contribution < -0.4 is 0 Å². The summed E-state index contributed by atoms with van der Waals surface area (Å²) in [6.45, 7) is 0. The third kappa shape index (κ3) is 5.31. The van der Waals surface area contributed by atoms with Crippen LogP contribution in [-0.2, 0) is 27.1 Å². The van der Waals surface area contributed by atoms with Crippen molar-refractivity contribution in [3.05, 3.63) is 81.5 Å². The average molecular weight is 479 g/mol. The van der Waals surface area contributed by atoms with Crippen molar-refractivity contribution in [1.82, 2.24) is 0 Å². The minimum Gasteiger partial charge on any atom is -0.380 e. The van der Waals surface area contributed by atoms with Gasteiger partial charge in [-0.15, -0.1) is 0 Å². The summed E-state index contributed by atoms with van der Waals surface area (Å²) in [6.07, 6.45) is 3.65. The van der Waals surface area contributed by atoms with E-state index in [1.54, 1.807) is 48.5 Å². The Balaban J connectivity index is 2.03. The molecule has 0 radical (unpaired) electrons. The van der Waals surface area contributed by atoms with Crippen LogP contribution in [0.15, 0.2) is 60.4 Å². The average Bonchev–Trinajstić information content (AvgIpc) is 2.66. The molecule has 0 aromatic heterocycles. The van der Waals surface area contributed by atoms with Crippen LogP contribution in [0, 0.1) is 5.41 Å². The van der Waals surface area contributed by atoms with Gasteiger partial charge in [-0.1, -0.05) is 47.5 Å². The lowest BCUT2D eigenvalue weighted by Gasteiger charge is -2.38. The van der Waals surface area contributed by atoms with E-state index < -0.39 is 21.0 Å². The molecule has 0 fully saturated rings. The molecule has 0 heterocycles. The van der Waals surface area contributed by atoms with Crippen molar-refractivity contribution in [1.29, 1.82) is 0 Å². The predicted molar refractivity (Wildman–Crippen MR) is 111 cm³/mol. The predicted octanol–water partition coefficient (Wildman–Crippen LogP) is 6.70. The second kappa shape index (κ2) is 8.81. The third-order valence-corrected chi connectivity index (χ3v) is 6.58. The van der Waals surface area contributed by atoms with Crippen molar-refractivity contribution in [2.24, 2.45) is 5.41 Å². The summed E-state index contributed by atoms with van der Waals surface area (Å²) in [5.74, 6) is -0.170. The number of alkyl halides is 3. The maximum atomic E-state index is 13.0. The van der Waals surface area contributed by atoms with Gasteiger partial charge >= 0.3 is 15.6 Å². The van der Waals surface area contributed by atoms with Crippen molar-refractivity contribution in [3.63, 3.8) is 0 Å². The summed E-state index contributed by atoms with van der Waals surface area (Å²) in [5.41, 5.74) is -4.83. The molecule has 0 amide bonds. The molecule has 0 bridgehead atoms. The van der Waals surface area contributed by atoms with E-state index in [4.69, 9.17) is 27.4 Å². The standard InChI is InChI=1S/C21H19Cl2F3O3S/c22-17-8-4-15(5-9-17)13-20(14-16-6-10-18(23)11-7-16)12-2-1-3-19(20)29-30(27,28)21(24,25)26/h3-11H,1-2,12-14H2. The maximum Gasteiger partial charge on any atom is 0.534 e. The summed E-state index contributed by atoms with van der Waals surface area (Å²) in [7, 11) is -5.78. The Labute approximate surface area is 183 Å². The van der Waals surface area contributed by atoms with E-state index in [2.05, 4.69) is 0 Å². The Bertz CT molecular complexity index is 967. The van der Waals surface area contributed by atoms with E-state index in [-0.39, 0.29) is 5.76 Å². The molecule has 1 aliphatic carbocycles. The van der Waals surface area contributed by atoms with Crippen LogP contribution in [0.4, 0.5) is 13.2 Å². The van der Waals surface area contributed by atoms with Crippen molar-refractivity contribution in [2.45, 2.75) is 37.6 Å². The topological polar surface area (TPSA) is 43.4 Å². The Kier molecular flexibility index (Phi) is 6.75. The molecular weight excluding hydrogens is 460 g/mol. The zero-order valence-electron chi connectivity index (χ0n) is 15.8. The van der Waals surface area contributed by atoms with E-state index in [1.165, 1.54) is 6.08 Å². The van der Waals surface area contributed by atoms with Gasteiger partial charge in [0.25, 0.3) is 0 Å². The zero-order chi connectivity index (χ0) is 22.0. The molecule has 0 unspecified atom stereocenters. The summed E-state index contributed by atoms with van der Waals surface area (Å²) < 4.78 is 67.3. The largest absolute Gasteiger partial charge is 0.534 e. The Morgan fingerprint density at radius 1 is 0.900 bits per heavy atom. The van der Waals surface area contributed by atoms with Gasteiger partial charge in [0.15, 0.2) is 0 Å². The van der Waals surface area contributed by atoms with Gasteiger partial charge in [0.05, 0.1) is 0 Å². The number of benzene rings is 2. The molecular formula is C21H19Cl2F3O3S. The molecule has 0 atom stereocenters. The van der Waals surface area contributed by atoms with Crippen LogP contribution in [0.25, 0.3) is 0 Å². The number of halogens is 5. The normalized spacial score (nSPS) is 16.8. The number of hydrogen-bond acceptors (Lipinski definition) is 3. The molecule has 0 saturated heterocycles. The first-order valence-corrected chi connectivity index (χ1v) is 11.4. The SMILES string of the molecule is O=S(=O)(OC1=CCCCC1(Cc1ccc(Cl)cc1)Cc1ccc(Cl)cc1)C(F)(F)F. The second-order valence-corrected chi connectivity index (χ2v) is 9.74. The minimum atomic E-state index is -5.78. The van der Waals surface area contributed by atoms with Crippen LogP contribution in [0.5, 0.6) is 0 Å². The van der Waals surface area contributed by atoms with Gasteiger partial charge in [0, 0.05) is 15.5 Å². The van der Waals surface area contributed by atoms with Crippen LogP contribution in [-0.4, -0.2) is 13.9 Å². The molecule has 0 spiro atoms. The second-order valence-electron chi connectivity index (χ2n) is 7.33. The number of allylic oxidation sites excluding steroid dienone is 2. The summed E-state index contributed by atoms with van der Waals surface area (Å²) in [6, 6.07) is 13.8. The van der Waals surface area contributed by atoms with Gasteiger partial charge in [0.1, 0.15) is 5.76 Å². The fourth-order valence-corrected chi connectivity index (χ4v) is 4.53. The van der Waals surface area contributed by atoms with E-state index in [0.717, 1.165) is 11.1 Å². The molecule has 2 aromatic carbocycles. The van der Waals surface area contributed by atoms with Gasteiger partial charge in [-0.2, -0.15) is 21.6 Å². The van der Waals surface area contributed by atoms with Crippen LogP contribution in [0.2, 0.25) is 10.0 Å². The third-order valence-electron chi connectivity index (χ3n) is 5.11. The fraction of sp³-hybridized carbons (Fsp3) is 0.333. The van der Waals surface area contributed by atoms with E-state index in [0.29, 0.717) is 42.1 Å². The van der Waals surface area contributed by atoms with E-state index >= 15 is 0 Å². The minimum absolute atomic E-state index is 0.170. The van der Waals surface area contributed by atoms with Gasteiger partial charge in [0.2, 0.25) is 0 Å². The molecule has 0 saturated carbocycles. The monoisotopic (exact) mass is 478 g/mol.